The van der Waals surface area contributed by atoms with E-state index in [1.807, 2.05) is 27.0 Å². The summed E-state index contributed by atoms with van der Waals surface area (Å²) >= 11 is 0. The van der Waals surface area contributed by atoms with Gasteiger partial charge in [-0.15, -0.1) is 0 Å². The highest BCUT2D eigenvalue weighted by atomic mass is 16.6. The molecule has 3 aliphatic heterocycles. The Morgan fingerprint density at radius 1 is 1.15 bits per heavy atom. The van der Waals surface area contributed by atoms with Gasteiger partial charge in [0.2, 0.25) is 11.8 Å². The summed E-state index contributed by atoms with van der Waals surface area (Å²) in [5, 5.41) is 6.14. The number of aliphatic imine (C=N–C) groups is 1. The lowest BCUT2D eigenvalue weighted by atomic mass is 9.99. The minimum Gasteiger partial charge on any atom is -0.465 e. The molecule has 2 amide bonds. The standard InChI is InChI=1S/C29H40N4O6/c1-18(30-3)19(2)32-24-10-5-4-9-23-11-12-25(33(23)27(24)35)26(34)31-16-20-7-6-8-21(15-20)28(36)39-17-22-13-14-38-29(22)37/h6-8,15,18,22-25,30H,4-5,9-14,16-17H2,1-3H3,(H,31,34). The van der Waals surface area contributed by atoms with E-state index in [-0.39, 0.29) is 43.0 Å². The Balaban J connectivity index is 1.37. The first kappa shape index (κ1) is 28.7. The van der Waals surface area contributed by atoms with Crippen LogP contribution in [0.3, 0.4) is 0 Å². The summed E-state index contributed by atoms with van der Waals surface area (Å²) in [7, 11) is 1.87. The fourth-order valence-corrected chi connectivity index (χ4v) is 5.52. The maximum atomic E-state index is 13.7. The highest BCUT2D eigenvalue weighted by Crippen LogP contribution is 2.32. The zero-order valence-electron chi connectivity index (χ0n) is 23.1. The fraction of sp³-hybridized carbons (Fsp3) is 0.621. The molecule has 4 rings (SSSR count). The zero-order chi connectivity index (χ0) is 27.9. The lowest BCUT2D eigenvalue weighted by molar-refractivity contribution is -0.142. The van der Waals surface area contributed by atoms with Crippen molar-refractivity contribution in [1.29, 1.82) is 0 Å². The second-order valence-corrected chi connectivity index (χ2v) is 10.7. The molecule has 3 saturated heterocycles. The van der Waals surface area contributed by atoms with E-state index in [1.54, 1.807) is 23.1 Å². The first-order valence-corrected chi connectivity index (χ1v) is 14.0. The molecule has 3 aliphatic rings. The number of carbonyl (C=O) groups is 4. The number of esters is 2. The number of hydrogen-bond acceptors (Lipinski definition) is 8. The third-order valence-corrected chi connectivity index (χ3v) is 8.12. The van der Waals surface area contributed by atoms with Crippen molar-refractivity contribution in [2.45, 2.75) is 89.5 Å². The smallest absolute Gasteiger partial charge is 0.338 e. The Hall–Kier alpha value is -3.27. The molecule has 39 heavy (non-hydrogen) atoms. The van der Waals surface area contributed by atoms with Gasteiger partial charge in [0.15, 0.2) is 0 Å². The van der Waals surface area contributed by atoms with Crippen LogP contribution in [0.2, 0.25) is 0 Å². The van der Waals surface area contributed by atoms with Gasteiger partial charge in [0.1, 0.15) is 18.7 Å². The molecule has 5 unspecified atom stereocenters. The fourth-order valence-electron chi connectivity index (χ4n) is 5.52. The topological polar surface area (TPSA) is 126 Å². The summed E-state index contributed by atoms with van der Waals surface area (Å²) < 4.78 is 10.2. The van der Waals surface area contributed by atoms with Crippen molar-refractivity contribution in [3.63, 3.8) is 0 Å². The van der Waals surface area contributed by atoms with Gasteiger partial charge in [-0.2, -0.15) is 0 Å². The summed E-state index contributed by atoms with van der Waals surface area (Å²) in [4.78, 5) is 57.6. The van der Waals surface area contributed by atoms with E-state index < -0.39 is 24.0 Å². The molecule has 1 aromatic rings. The van der Waals surface area contributed by atoms with Gasteiger partial charge in [-0.1, -0.05) is 25.0 Å². The lowest BCUT2D eigenvalue weighted by Crippen LogP contribution is -2.52. The van der Waals surface area contributed by atoms with Crippen molar-refractivity contribution in [2.24, 2.45) is 10.9 Å². The average Bonchev–Trinajstić information content (AvgIpc) is 3.55. The Bertz CT molecular complexity index is 1110. The summed E-state index contributed by atoms with van der Waals surface area (Å²) in [5.74, 6) is -1.54. The quantitative estimate of drug-likeness (QED) is 0.364. The number of fused-ring (bicyclic) bond motifs is 1. The number of hydrogen-bond donors (Lipinski definition) is 2. The van der Waals surface area contributed by atoms with Crippen LogP contribution in [0.5, 0.6) is 0 Å². The van der Waals surface area contributed by atoms with Gasteiger partial charge in [0.25, 0.3) is 0 Å². The third kappa shape index (κ3) is 7.03. The Labute approximate surface area is 229 Å². The molecule has 0 aliphatic carbocycles. The van der Waals surface area contributed by atoms with Crippen LogP contribution >= 0.6 is 0 Å². The molecular weight excluding hydrogens is 500 g/mol. The van der Waals surface area contributed by atoms with Crippen molar-refractivity contribution in [3.8, 4) is 0 Å². The first-order valence-electron chi connectivity index (χ1n) is 14.0. The highest BCUT2D eigenvalue weighted by molar-refractivity contribution is 5.94. The van der Waals surface area contributed by atoms with Crippen LogP contribution in [-0.4, -0.2) is 78.8 Å². The summed E-state index contributed by atoms with van der Waals surface area (Å²) in [6, 6.07) is 5.99. The molecule has 0 bridgehead atoms. The highest BCUT2D eigenvalue weighted by Gasteiger charge is 2.43. The number of ether oxygens (including phenoxy) is 2. The van der Waals surface area contributed by atoms with E-state index in [4.69, 9.17) is 14.5 Å². The summed E-state index contributed by atoms with van der Waals surface area (Å²) in [6.45, 7) is 4.51. The van der Waals surface area contributed by atoms with Crippen LogP contribution < -0.4 is 10.6 Å². The number of rotatable bonds is 9. The number of cyclic esters (lactones) is 1. The summed E-state index contributed by atoms with van der Waals surface area (Å²) in [6.07, 6.45) is 5.53. The molecule has 2 N–H and O–H groups in total. The monoisotopic (exact) mass is 540 g/mol. The van der Waals surface area contributed by atoms with E-state index >= 15 is 0 Å². The largest absolute Gasteiger partial charge is 0.465 e. The third-order valence-electron chi connectivity index (χ3n) is 8.12. The van der Waals surface area contributed by atoms with Gasteiger partial charge < -0.3 is 25.0 Å². The predicted octanol–water partition coefficient (Wildman–Crippen LogP) is 2.39. The average molecular weight is 541 g/mol. The molecule has 3 fully saturated rings. The maximum Gasteiger partial charge on any atom is 0.338 e. The summed E-state index contributed by atoms with van der Waals surface area (Å²) in [5.41, 5.74) is 1.97. The predicted molar refractivity (Wildman–Crippen MR) is 145 cm³/mol. The first-order chi connectivity index (χ1) is 18.8. The maximum absolute atomic E-state index is 13.7. The molecule has 0 radical (unpaired) electrons. The molecule has 212 valence electrons. The number of carbonyl (C=O) groups excluding carboxylic acids is 4. The van der Waals surface area contributed by atoms with Crippen molar-refractivity contribution >= 4 is 29.5 Å². The van der Waals surface area contributed by atoms with Crippen molar-refractivity contribution in [2.75, 3.05) is 20.3 Å². The Morgan fingerprint density at radius 3 is 2.69 bits per heavy atom. The minimum atomic E-state index is -0.528. The van der Waals surface area contributed by atoms with Crippen molar-refractivity contribution in [3.05, 3.63) is 35.4 Å². The van der Waals surface area contributed by atoms with Gasteiger partial charge in [0.05, 0.1) is 18.1 Å². The molecule has 10 heteroatoms. The molecule has 0 saturated carbocycles. The molecule has 3 heterocycles. The SMILES string of the molecule is CNC(C)C(C)=NC1CCCCC2CCC(C(=O)NCc3cccc(C(=O)OCC4CCOC4=O)c3)N2C1=O. The molecule has 5 atom stereocenters. The van der Waals surface area contributed by atoms with Crippen LogP contribution in [0.15, 0.2) is 29.3 Å². The van der Waals surface area contributed by atoms with Gasteiger partial charge in [-0.3, -0.25) is 19.4 Å². The van der Waals surface area contributed by atoms with Crippen LogP contribution in [0, 0.1) is 5.92 Å². The number of nitrogens with one attached hydrogen (secondary N) is 2. The Kier molecular flexibility index (Phi) is 9.72. The van der Waals surface area contributed by atoms with Crippen molar-refractivity contribution in [1.82, 2.24) is 15.5 Å². The second kappa shape index (κ2) is 13.2. The van der Waals surface area contributed by atoms with Gasteiger partial charge in [-0.25, -0.2) is 4.79 Å². The van der Waals surface area contributed by atoms with Crippen LogP contribution in [-0.2, 0) is 30.4 Å². The van der Waals surface area contributed by atoms with Gasteiger partial charge in [-0.05, 0) is 70.7 Å². The van der Waals surface area contributed by atoms with E-state index in [0.717, 1.165) is 37.0 Å². The van der Waals surface area contributed by atoms with E-state index in [0.29, 0.717) is 31.4 Å². The number of amides is 2. The molecule has 0 spiro atoms. The van der Waals surface area contributed by atoms with Gasteiger partial charge >= 0.3 is 11.9 Å². The second-order valence-electron chi connectivity index (χ2n) is 10.7. The lowest BCUT2D eigenvalue weighted by Gasteiger charge is -2.34. The molecule has 1 aromatic carbocycles. The van der Waals surface area contributed by atoms with Crippen LogP contribution in [0.25, 0.3) is 0 Å². The van der Waals surface area contributed by atoms with Crippen LogP contribution in [0.1, 0.15) is 74.7 Å². The van der Waals surface area contributed by atoms with E-state index in [9.17, 15) is 19.2 Å². The van der Waals surface area contributed by atoms with Gasteiger partial charge in [0, 0.05) is 24.3 Å². The molecule has 10 nitrogen and oxygen atoms in total. The molecular formula is C29H40N4O6. The van der Waals surface area contributed by atoms with E-state index in [2.05, 4.69) is 10.6 Å². The normalized spacial score (nSPS) is 26.3. The number of benzene rings is 1. The zero-order valence-corrected chi connectivity index (χ0v) is 23.1. The number of nitrogens with zero attached hydrogens (tertiary/aromatic N) is 2. The minimum absolute atomic E-state index is 0.0101. The van der Waals surface area contributed by atoms with Crippen molar-refractivity contribution < 1.29 is 28.7 Å². The van der Waals surface area contributed by atoms with Crippen LogP contribution in [0.4, 0.5) is 0 Å². The molecule has 0 aromatic heterocycles. The van der Waals surface area contributed by atoms with E-state index in [1.165, 1.54) is 0 Å². The Morgan fingerprint density at radius 2 is 1.95 bits per heavy atom.